The smallest absolute Gasteiger partial charge is 0.407 e. The number of ketones is 1. The summed E-state index contributed by atoms with van der Waals surface area (Å²) < 4.78 is 5.29. The molecule has 0 atom stereocenters. The minimum absolute atomic E-state index is 0.0804. The zero-order chi connectivity index (χ0) is 17.0. The Morgan fingerprint density at radius 3 is 2.17 bits per heavy atom. The van der Waals surface area contributed by atoms with Crippen molar-refractivity contribution in [3.05, 3.63) is 29.8 Å². The molecule has 1 aliphatic heterocycles. The number of carbonyl (C=O) groups is 2. The van der Waals surface area contributed by atoms with Gasteiger partial charge in [-0.2, -0.15) is 0 Å². The molecule has 5 heteroatoms. The number of Topliss-reactive ketones (excluding diaryl/α,β-unsaturated/α-hetero) is 1. The summed E-state index contributed by atoms with van der Waals surface area (Å²) in [5.74, 6) is 0.0804. The van der Waals surface area contributed by atoms with E-state index in [0.717, 1.165) is 37.2 Å². The quantitative estimate of drug-likeness (QED) is 0.868. The number of nitrogens with one attached hydrogen (secondary N) is 1. The molecular formula is C18H26N2O3. The Kier molecular flexibility index (Phi) is 5.29. The van der Waals surface area contributed by atoms with E-state index in [0.29, 0.717) is 0 Å². The SMILES string of the molecule is CC(=O)c1ccc(N2CCC(NC(=O)OC(C)(C)C)CC2)cc1. The molecule has 2 rings (SSSR count). The summed E-state index contributed by atoms with van der Waals surface area (Å²) in [6, 6.07) is 7.85. The lowest BCUT2D eigenvalue weighted by atomic mass is 10.0. The van der Waals surface area contributed by atoms with Gasteiger partial charge in [0.2, 0.25) is 0 Å². The first-order valence-electron chi connectivity index (χ1n) is 8.10. The highest BCUT2D eigenvalue weighted by molar-refractivity contribution is 5.94. The first kappa shape index (κ1) is 17.3. The van der Waals surface area contributed by atoms with Gasteiger partial charge in [0.15, 0.2) is 5.78 Å². The number of ether oxygens (including phenoxy) is 1. The molecule has 23 heavy (non-hydrogen) atoms. The van der Waals surface area contributed by atoms with Crippen LogP contribution in [-0.4, -0.2) is 36.6 Å². The van der Waals surface area contributed by atoms with E-state index in [4.69, 9.17) is 4.74 Å². The highest BCUT2D eigenvalue weighted by Crippen LogP contribution is 2.21. The van der Waals surface area contributed by atoms with Crippen molar-refractivity contribution >= 4 is 17.6 Å². The molecule has 1 N–H and O–H groups in total. The summed E-state index contributed by atoms with van der Waals surface area (Å²) in [6.45, 7) is 8.91. The number of amides is 1. The van der Waals surface area contributed by atoms with Crippen molar-refractivity contribution in [2.45, 2.75) is 52.2 Å². The fourth-order valence-electron chi connectivity index (χ4n) is 2.66. The van der Waals surface area contributed by atoms with E-state index < -0.39 is 5.60 Å². The topological polar surface area (TPSA) is 58.6 Å². The zero-order valence-electron chi connectivity index (χ0n) is 14.4. The predicted molar refractivity (Wildman–Crippen MR) is 91.1 cm³/mol. The molecule has 0 spiro atoms. The van der Waals surface area contributed by atoms with Crippen LogP contribution >= 0.6 is 0 Å². The van der Waals surface area contributed by atoms with Crippen molar-refractivity contribution in [3.8, 4) is 0 Å². The van der Waals surface area contributed by atoms with Gasteiger partial charge in [-0.3, -0.25) is 4.79 Å². The van der Waals surface area contributed by atoms with Crippen molar-refractivity contribution < 1.29 is 14.3 Å². The van der Waals surface area contributed by atoms with Crippen molar-refractivity contribution in [1.29, 1.82) is 0 Å². The number of anilines is 1. The van der Waals surface area contributed by atoms with Crippen LogP contribution in [0.4, 0.5) is 10.5 Å². The van der Waals surface area contributed by atoms with E-state index in [2.05, 4.69) is 10.2 Å². The number of hydrogen-bond donors (Lipinski definition) is 1. The van der Waals surface area contributed by atoms with Crippen LogP contribution in [-0.2, 0) is 4.74 Å². The van der Waals surface area contributed by atoms with Gasteiger partial charge in [-0.25, -0.2) is 4.79 Å². The van der Waals surface area contributed by atoms with E-state index in [1.165, 1.54) is 0 Å². The molecule has 1 amide bonds. The molecule has 1 aromatic rings. The fraction of sp³-hybridized carbons (Fsp3) is 0.556. The fourth-order valence-corrected chi connectivity index (χ4v) is 2.66. The third kappa shape index (κ3) is 5.27. The molecule has 0 radical (unpaired) electrons. The lowest BCUT2D eigenvalue weighted by molar-refractivity contribution is 0.0497. The average Bonchev–Trinajstić information content (AvgIpc) is 2.46. The van der Waals surface area contributed by atoms with Gasteiger partial charge in [-0.15, -0.1) is 0 Å². The lowest BCUT2D eigenvalue weighted by Crippen LogP contribution is -2.46. The molecule has 1 aliphatic rings. The monoisotopic (exact) mass is 318 g/mol. The molecule has 1 saturated heterocycles. The predicted octanol–water partition coefficient (Wildman–Crippen LogP) is 3.38. The molecule has 0 aromatic heterocycles. The first-order valence-corrected chi connectivity index (χ1v) is 8.10. The van der Waals surface area contributed by atoms with Gasteiger partial charge in [0.1, 0.15) is 5.60 Å². The van der Waals surface area contributed by atoms with Crippen LogP contribution in [0, 0.1) is 0 Å². The van der Waals surface area contributed by atoms with Crippen molar-refractivity contribution in [3.63, 3.8) is 0 Å². The molecule has 1 aromatic carbocycles. The van der Waals surface area contributed by atoms with Crippen molar-refractivity contribution in [1.82, 2.24) is 5.32 Å². The van der Waals surface area contributed by atoms with E-state index in [1.54, 1.807) is 6.92 Å². The van der Waals surface area contributed by atoms with E-state index in [9.17, 15) is 9.59 Å². The van der Waals surface area contributed by atoms with Gasteiger partial charge in [0.05, 0.1) is 0 Å². The van der Waals surface area contributed by atoms with Gasteiger partial charge < -0.3 is 15.0 Å². The molecular weight excluding hydrogens is 292 g/mol. The van der Waals surface area contributed by atoms with Crippen LogP contribution in [0.5, 0.6) is 0 Å². The van der Waals surface area contributed by atoms with Gasteiger partial charge in [0.25, 0.3) is 0 Å². The van der Waals surface area contributed by atoms with Crippen molar-refractivity contribution in [2.75, 3.05) is 18.0 Å². The Balaban J connectivity index is 1.84. The number of nitrogens with zero attached hydrogens (tertiary/aromatic N) is 1. The number of piperidine rings is 1. The summed E-state index contributed by atoms with van der Waals surface area (Å²) in [6.07, 6.45) is 1.42. The number of benzene rings is 1. The molecule has 0 bridgehead atoms. The van der Waals surface area contributed by atoms with Crippen LogP contribution in [0.15, 0.2) is 24.3 Å². The third-order valence-corrected chi connectivity index (χ3v) is 3.85. The largest absolute Gasteiger partial charge is 0.444 e. The van der Waals surface area contributed by atoms with E-state index in [1.807, 2.05) is 45.0 Å². The summed E-state index contributed by atoms with van der Waals surface area (Å²) in [5, 5.41) is 2.94. The maximum atomic E-state index is 11.8. The number of rotatable bonds is 3. The number of hydrogen-bond acceptors (Lipinski definition) is 4. The average molecular weight is 318 g/mol. The molecule has 126 valence electrons. The Bertz CT molecular complexity index is 553. The van der Waals surface area contributed by atoms with Crippen LogP contribution in [0.1, 0.15) is 50.9 Å². The normalized spacial score (nSPS) is 16.1. The minimum atomic E-state index is -0.469. The van der Waals surface area contributed by atoms with Crippen LogP contribution in [0.2, 0.25) is 0 Å². The second-order valence-electron chi connectivity index (χ2n) is 7.01. The standard InChI is InChI=1S/C18H26N2O3/c1-13(21)14-5-7-16(8-6-14)20-11-9-15(10-12-20)19-17(22)23-18(2,3)4/h5-8,15H,9-12H2,1-4H3,(H,19,22). The highest BCUT2D eigenvalue weighted by Gasteiger charge is 2.23. The van der Waals surface area contributed by atoms with Gasteiger partial charge in [-0.05, 0) is 64.8 Å². The van der Waals surface area contributed by atoms with Crippen LogP contribution in [0.25, 0.3) is 0 Å². The molecule has 1 heterocycles. The maximum Gasteiger partial charge on any atom is 0.407 e. The van der Waals surface area contributed by atoms with Gasteiger partial charge in [-0.1, -0.05) is 0 Å². The molecule has 0 saturated carbocycles. The Hall–Kier alpha value is -2.04. The Labute approximate surface area is 138 Å². The van der Waals surface area contributed by atoms with Crippen LogP contribution in [0.3, 0.4) is 0 Å². The molecule has 0 unspecified atom stereocenters. The van der Waals surface area contributed by atoms with E-state index >= 15 is 0 Å². The Morgan fingerprint density at radius 2 is 1.70 bits per heavy atom. The second-order valence-corrected chi connectivity index (χ2v) is 7.01. The highest BCUT2D eigenvalue weighted by atomic mass is 16.6. The van der Waals surface area contributed by atoms with Crippen molar-refractivity contribution in [2.24, 2.45) is 0 Å². The molecule has 5 nitrogen and oxygen atoms in total. The number of alkyl carbamates (subject to hydrolysis) is 1. The van der Waals surface area contributed by atoms with Gasteiger partial charge >= 0.3 is 6.09 Å². The Morgan fingerprint density at radius 1 is 1.13 bits per heavy atom. The lowest BCUT2D eigenvalue weighted by Gasteiger charge is -2.34. The third-order valence-electron chi connectivity index (χ3n) is 3.85. The minimum Gasteiger partial charge on any atom is -0.444 e. The van der Waals surface area contributed by atoms with E-state index in [-0.39, 0.29) is 17.9 Å². The summed E-state index contributed by atoms with van der Waals surface area (Å²) in [5.41, 5.74) is 1.38. The summed E-state index contributed by atoms with van der Waals surface area (Å²) in [7, 11) is 0. The zero-order valence-corrected chi connectivity index (χ0v) is 14.4. The van der Waals surface area contributed by atoms with Crippen LogP contribution < -0.4 is 10.2 Å². The molecule has 0 aliphatic carbocycles. The summed E-state index contributed by atoms with van der Waals surface area (Å²) >= 11 is 0. The first-order chi connectivity index (χ1) is 10.7. The second kappa shape index (κ2) is 7.02. The number of carbonyl (C=O) groups excluding carboxylic acids is 2. The maximum absolute atomic E-state index is 11.8. The van der Waals surface area contributed by atoms with Gasteiger partial charge in [0, 0.05) is 30.4 Å². The molecule has 1 fully saturated rings. The summed E-state index contributed by atoms with van der Waals surface area (Å²) in [4.78, 5) is 25.4.